The Hall–Kier alpha value is -3.98. The number of hydrogen-bond donors (Lipinski definition) is 0. The third kappa shape index (κ3) is 7.75. The fourth-order valence-corrected chi connectivity index (χ4v) is 5.73. The van der Waals surface area contributed by atoms with Gasteiger partial charge in [-0.1, -0.05) is 80.4 Å². The topological polar surface area (TPSA) is 76.6 Å². The van der Waals surface area contributed by atoms with Crippen LogP contribution < -0.4 is 9.47 Å². The molecule has 4 aromatic rings. The van der Waals surface area contributed by atoms with Gasteiger partial charge in [-0.2, -0.15) is 5.10 Å². The molecule has 1 aromatic heterocycles. The molecule has 0 radical (unpaired) electrons. The fourth-order valence-electron chi connectivity index (χ4n) is 4.33. The lowest BCUT2D eigenvalue weighted by Crippen LogP contribution is -2.28. The molecule has 1 amide bonds. The number of benzene rings is 3. The third-order valence-electron chi connectivity index (χ3n) is 6.79. The van der Waals surface area contributed by atoms with E-state index in [2.05, 4.69) is 43.1 Å². The number of amides is 1. The number of carbonyl (C=O) groups is 1. The largest absolute Gasteiger partial charge is 0.493 e. The average Bonchev–Trinajstić information content (AvgIpc) is 3.61. The molecule has 1 aliphatic rings. The second-order valence-electron chi connectivity index (χ2n) is 11.0. The minimum atomic E-state index is -0.202. The number of nitrogens with zero attached hydrogens (tertiary/aromatic N) is 3. The van der Waals surface area contributed by atoms with E-state index < -0.39 is 0 Å². The summed E-state index contributed by atoms with van der Waals surface area (Å²) in [6.45, 7) is 6.99. The van der Waals surface area contributed by atoms with Crippen molar-refractivity contribution in [1.82, 2.24) is 4.90 Å². The first kappa shape index (κ1) is 31.4. The normalized spacial score (nSPS) is 15.6. The van der Waals surface area contributed by atoms with E-state index in [1.165, 1.54) is 17.3 Å². The first-order chi connectivity index (χ1) is 21.1. The molecule has 0 bridgehead atoms. The highest BCUT2D eigenvalue weighted by Crippen LogP contribution is 2.36. The van der Waals surface area contributed by atoms with E-state index in [9.17, 15) is 4.79 Å². The lowest BCUT2D eigenvalue weighted by atomic mass is 9.87. The van der Waals surface area contributed by atoms with Crippen molar-refractivity contribution in [2.75, 3.05) is 7.11 Å². The van der Waals surface area contributed by atoms with Crippen molar-refractivity contribution in [2.45, 2.75) is 39.3 Å². The molecule has 0 saturated carbocycles. The lowest BCUT2D eigenvalue weighted by Gasteiger charge is -2.18. The van der Waals surface area contributed by atoms with Gasteiger partial charge in [-0.15, -0.1) is 5.10 Å². The smallest absolute Gasteiger partial charge is 0.267 e. The first-order valence-corrected chi connectivity index (χ1v) is 15.4. The highest BCUT2D eigenvalue weighted by atomic mass is 35.5. The number of furan rings is 1. The number of amidine groups is 1. The molecular weight excluding hydrogens is 617 g/mol. The van der Waals surface area contributed by atoms with Crippen LogP contribution in [-0.4, -0.2) is 29.3 Å². The summed E-state index contributed by atoms with van der Waals surface area (Å²) in [5.41, 5.74) is 3.77. The number of thioether (sulfide) groups is 1. The van der Waals surface area contributed by atoms with Crippen molar-refractivity contribution in [3.05, 3.63) is 122 Å². The van der Waals surface area contributed by atoms with E-state index in [-0.39, 0.29) is 24.5 Å². The summed E-state index contributed by atoms with van der Waals surface area (Å²) in [5, 5.41) is 10.2. The molecule has 0 spiro atoms. The summed E-state index contributed by atoms with van der Waals surface area (Å²) in [6, 6.07) is 22.5. The minimum absolute atomic E-state index is 0.0644. The van der Waals surface area contributed by atoms with Crippen LogP contribution in [-0.2, 0) is 23.4 Å². The van der Waals surface area contributed by atoms with Gasteiger partial charge in [0.25, 0.3) is 5.91 Å². The molecule has 44 heavy (non-hydrogen) atoms. The van der Waals surface area contributed by atoms with Gasteiger partial charge in [0, 0.05) is 15.6 Å². The second kappa shape index (κ2) is 13.8. The molecule has 0 unspecified atom stereocenters. The third-order valence-corrected chi connectivity index (χ3v) is 8.38. The van der Waals surface area contributed by atoms with Gasteiger partial charge >= 0.3 is 0 Å². The lowest BCUT2D eigenvalue weighted by molar-refractivity contribution is -0.122. The maximum Gasteiger partial charge on any atom is 0.267 e. The summed E-state index contributed by atoms with van der Waals surface area (Å²) < 4.78 is 17.1. The van der Waals surface area contributed by atoms with Gasteiger partial charge in [0.1, 0.15) is 12.4 Å². The molecule has 3 aromatic carbocycles. The maximum absolute atomic E-state index is 13.5. The summed E-state index contributed by atoms with van der Waals surface area (Å²) in [5.74, 6) is 1.49. The van der Waals surface area contributed by atoms with Crippen LogP contribution in [0.1, 0.15) is 48.8 Å². The molecule has 7 nitrogen and oxygen atoms in total. The molecule has 1 aliphatic heterocycles. The van der Waals surface area contributed by atoms with Crippen LogP contribution >= 0.6 is 35.0 Å². The van der Waals surface area contributed by atoms with E-state index in [1.807, 2.05) is 36.4 Å². The van der Waals surface area contributed by atoms with Crippen molar-refractivity contribution >= 4 is 58.3 Å². The summed E-state index contributed by atoms with van der Waals surface area (Å²) in [6.07, 6.45) is 5.05. The Balaban J connectivity index is 1.36. The van der Waals surface area contributed by atoms with Gasteiger partial charge in [-0.3, -0.25) is 9.69 Å². The molecular formula is C34H31Cl2N3O4S. The predicted octanol–water partition coefficient (Wildman–Crippen LogP) is 8.98. The van der Waals surface area contributed by atoms with Gasteiger partial charge < -0.3 is 13.9 Å². The minimum Gasteiger partial charge on any atom is -0.493 e. The van der Waals surface area contributed by atoms with Gasteiger partial charge in [0.05, 0.1) is 31.0 Å². The Labute approximate surface area is 271 Å². The van der Waals surface area contributed by atoms with E-state index in [1.54, 1.807) is 54.8 Å². The molecule has 1 saturated heterocycles. The van der Waals surface area contributed by atoms with E-state index in [4.69, 9.17) is 37.1 Å². The van der Waals surface area contributed by atoms with E-state index in [0.29, 0.717) is 37.4 Å². The Kier molecular flexibility index (Phi) is 9.84. The summed E-state index contributed by atoms with van der Waals surface area (Å²) >= 11 is 13.5. The van der Waals surface area contributed by atoms with Crippen LogP contribution in [0.4, 0.5) is 0 Å². The van der Waals surface area contributed by atoms with Gasteiger partial charge in [0.2, 0.25) is 0 Å². The zero-order valence-corrected chi connectivity index (χ0v) is 27.0. The standard InChI is InChI=1S/C34H31Cl2N3O4S/c1-34(2,3)25-11-7-22(8-12-25)19-37-38-33-39(20-27-6-5-15-42-27)32(40)31(44-33)17-23-9-14-29(30(16-23)41-4)43-21-24-10-13-26(35)18-28(24)36/h5-19H,20-21H2,1-4H3/b31-17-,37-19+,38-33-. The molecule has 2 heterocycles. The summed E-state index contributed by atoms with van der Waals surface area (Å²) in [4.78, 5) is 15.6. The van der Waals surface area contributed by atoms with Crippen LogP contribution in [0.2, 0.25) is 10.0 Å². The molecule has 0 atom stereocenters. The molecule has 1 fully saturated rings. The number of carbonyl (C=O) groups excluding carboxylic acids is 1. The monoisotopic (exact) mass is 647 g/mol. The number of halogens is 2. The zero-order valence-electron chi connectivity index (χ0n) is 24.7. The molecule has 0 N–H and O–H groups in total. The first-order valence-electron chi connectivity index (χ1n) is 13.8. The van der Waals surface area contributed by atoms with Crippen molar-refractivity contribution in [1.29, 1.82) is 0 Å². The second-order valence-corrected chi connectivity index (χ2v) is 12.9. The Bertz CT molecular complexity index is 1730. The Morgan fingerprint density at radius 1 is 0.977 bits per heavy atom. The molecule has 226 valence electrons. The number of hydrogen-bond acceptors (Lipinski definition) is 7. The van der Waals surface area contributed by atoms with Gasteiger partial charge in [-0.25, -0.2) is 0 Å². The van der Waals surface area contributed by atoms with Crippen LogP contribution in [0.3, 0.4) is 0 Å². The van der Waals surface area contributed by atoms with Crippen molar-refractivity contribution in [2.24, 2.45) is 10.2 Å². The van der Waals surface area contributed by atoms with Crippen molar-refractivity contribution in [3.63, 3.8) is 0 Å². The van der Waals surface area contributed by atoms with E-state index in [0.717, 1.165) is 16.7 Å². The predicted molar refractivity (Wildman–Crippen MR) is 179 cm³/mol. The molecule has 5 rings (SSSR count). The zero-order chi connectivity index (χ0) is 31.3. The van der Waals surface area contributed by atoms with Crippen LogP contribution in [0.5, 0.6) is 11.5 Å². The number of methoxy groups -OCH3 is 1. The SMILES string of the molecule is COc1cc(/C=C2\S/C(=N\N=C\c3ccc(C(C)(C)C)cc3)N(Cc3ccco3)C2=O)ccc1OCc1ccc(Cl)cc1Cl. The highest BCUT2D eigenvalue weighted by Gasteiger charge is 2.34. The quantitative estimate of drug-likeness (QED) is 0.103. The fraction of sp³-hybridized carbons (Fsp3) is 0.206. The Morgan fingerprint density at radius 2 is 1.75 bits per heavy atom. The van der Waals surface area contributed by atoms with Crippen LogP contribution in [0.25, 0.3) is 6.08 Å². The van der Waals surface area contributed by atoms with Gasteiger partial charge in [0.15, 0.2) is 16.7 Å². The average molecular weight is 649 g/mol. The van der Waals surface area contributed by atoms with Crippen LogP contribution in [0, 0.1) is 0 Å². The molecule has 10 heteroatoms. The van der Waals surface area contributed by atoms with Gasteiger partial charge in [-0.05, 0) is 76.3 Å². The van der Waals surface area contributed by atoms with E-state index >= 15 is 0 Å². The number of ether oxygens (including phenoxy) is 2. The highest BCUT2D eigenvalue weighted by molar-refractivity contribution is 8.18. The molecule has 0 aliphatic carbocycles. The van der Waals surface area contributed by atoms with Crippen molar-refractivity contribution < 1.29 is 18.7 Å². The Morgan fingerprint density at radius 3 is 2.43 bits per heavy atom. The maximum atomic E-state index is 13.5. The van der Waals surface area contributed by atoms with Crippen LogP contribution in [0.15, 0.2) is 98.6 Å². The summed E-state index contributed by atoms with van der Waals surface area (Å²) in [7, 11) is 1.56. The number of rotatable bonds is 9. The van der Waals surface area contributed by atoms with Crippen molar-refractivity contribution in [3.8, 4) is 11.5 Å².